The van der Waals surface area contributed by atoms with E-state index in [0.29, 0.717) is 0 Å². The molecule has 0 N–H and O–H groups in total. The molecule has 1 saturated heterocycles. The Morgan fingerprint density at radius 1 is 0.962 bits per heavy atom. The average molecular weight is 348 g/mol. The van der Waals surface area contributed by atoms with E-state index in [-0.39, 0.29) is 0 Å². The van der Waals surface area contributed by atoms with Crippen molar-refractivity contribution in [3.63, 3.8) is 0 Å². The number of benzene rings is 2. The second-order valence-electron chi connectivity index (χ2n) is 7.81. The lowest BCUT2D eigenvalue weighted by Crippen LogP contribution is -2.29. The van der Waals surface area contributed by atoms with Gasteiger partial charge in [-0.15, -0.1) is 0 Å². The van der Waals surface area contributed by atoms with Gasteiger partial charge in [0.1, 0.15) is 5.75 Å². The quantitative estimate of drug-likeness (QED) is 0.732. The molecule has 2 aromatic carbocycles. The Morgan fingerprint density at radius 3 is 2.46 bits per heavy atom. The summed E-state index contributed by atoms with van der Waals surface area (Å²) in [5.41, 5.74) is 3.87. The number of hydrogen-bond acceptors (Lipinski definition) is 2. The van der Waals surface area contributed by atoms with Gasteiger partial charge in [0, 0.05) is 13.1 Å². The zero-order chi connectivity index (χ0) is 17.8. The maximum atomic E-state index is 5.32. The molecule has 4 rings (SSSR count). The number of fused-ring (bicyclic) bond motifs is 2. The van der Waals surface area contributed by atoms with E-state index < -0.39 is 0 Å². The molecule has 2 unspecified atom stereocenters. The van der Waals surface area contributed by atoms with Crippen LogP contribution in [0.25, 0.3) is 5.57 Å². The van der Waals surface area contributed by atoms with Gasteiger partial charge in [-0.3, -0.25) is 4.90 Å². The molecular weight excluding hydrogens is 318 g/mol. The van der Waals surface area contributed by atoms with Gasteiger partial charge in [-0.05, 0) is 66.5 Å². The number of nitrogens with zero attached hydrogens (tertiary/aromatic N) is 1. The summed E-state index contributed by atoms with van der Waals surface area (Å²) in [5.74, 6) is 2.82. The fourth-order valence-corrected chi connectivity index (χ4v) is 4.60. The first kappa shape index (κ1) is 17.4. The van der Waals surface area contributed by atoms with Crippen LogP contribution in [0.15, 0.2) is 60.7 Å². The maximum Gasteiger partial charge on any atom is 0.118 e. The zero-order valence-electron chi connectivity index (χ0n) is 15.7. The third-order valence-corrected chi connectivity index (χ3v) is 6.06. The molecule has 2 fully saturated rings. The zero-order valence-corrected chi connectivity index (χ0v) is 15.7. The number of ether oxygens (including phenoxy) is 1. The summed E-state index contributed by atoms with van der Waals surface area (Å²) in [6.45, 7) is 3.57. The molecule has 2 nitrogen and oxygen atoms in total. The predicted octanol–water partition coefficient (Wildman–Crippen LogP) is 5.25. The van der Waals surface area contributed by atoms with Crippen molar-refractivity contribution >= 4 is 5.57 Å². The van der Waals surface area contributed by atoms with Crippen molar-refractivity contribution in [3.05, 3.63) is 71.8 Å². The monoisotopic (exact) mass is 347 g/mol. The smallest absolute Gasteiger partial charge is 0.118 e. The van der Waals surface area contributed by atoms with Gasteiger partial charge in [-0.2, -0.15) is 0 Å². The normalized spacial score (nSPS) is 23.7. The highest BCUT2D eigenvalue weighted by Crippen LogP contribution is 2.36. The molecule has 26 heavy (non-hydrogen) atoms. The fraction of sp³-hybridized carbons (Fsp3) is 0.417. The molecule has 0 spiro atoms. The SMILES string of the molecule is COc1ccc(/C(=C/CN2CCC3CCC(C3)C2)c2ccccc2)cc1. The molecule has 136 valence electrons. The van der Waals surface area contributed by atoms with Crippen molar-refractivity contribution < 1.29 is 4.74 Å². The summed E-state index contributed by atoms with van der Waals surface area (Å²) in [4.78, 5) is 2.66. The molecule has 1 aliphatic carbocycles. The Morgan fingerprint density at radius 2 is 1.69 bits per heavy atom. The standard InChI is InChI=1S/C24H29NO/c1-26-23-11-9-22(10-12-23)24(21-5-3-2-4-6-21)14-16-25-15-13-19-7-8-20(17-19)18-25/h2-6,9-12,14,19-20H,7-8,13,15-18H2,1H3/b24-14+. The molecular formula is C24H29NO. The highest BCUT2D eigenvalue weighted by Gasteiger charge is 2.29. The number of hydrogen-bond donors (Lipinski definition) is 0. The molecule has 2 atom stereocenters. The molecule has 2 aliphatic rings. The molecule has 2 heteroatoms. The van der Waals surface area contributed by atoms with Crippen molar-refractivity contribution in [2.75, 3.05) is 26.7 Å². The van der Waals surface area contributed by atoms with E-state index in [0.717, 1.165) is 24.1 Å². The van der Waals surface area contributed by atoms with Crippen LogP contribution < -0.4 is 4.74 Å². The lowest BCUT2D eigenvalue weighted by Gasteiger charge is -2.23. The van der Waals surface area contributed by atoms with Gasteiger partial charge in [0.05, 0.1) is 7.11 Å². The van der Waals surface area contributed by atoms with Crippen molar-refractivity contribution in [2.45, 2.75) is 25.7 Å². The van der Waals surface area contributed by atoms with Crippen LogP contribution in [0.3, 0.4) is 0 Å². The van der Waals surface area contributed by atoms with E-state index in [1.165, 1.54) is 55.5 Å². The molecule has 2 aromatic rings. The third-order valence-electron chi connectivity index (χ3n) is 6.06. The summed E-state index contributed by atoms with van der Waals surface area (Å²) >= 11 is 0. The summed E-state index contributed by atoms with van der Waals surface area (Å²) in [5, 5.41) is 0. The van der Waals surface area contributed by atoms with Crippen molar-refractivity contribution in [1.29, 1.82) is 0 Å². The first-order valence-corrected chi connectivity index (χ1v) is 9.94. The van der Waals surface area contributed by atoms with Crippen LogP contribution >= 0.6 is 0 Å². The van der Waals surface area contributed by atoms with Crippen molar-refractivity contribution in [3.8, 4) is 5.75 Å². The van der Waals surface area contributed by atoms with Crippen LogP contribution in [-0.4, -0.2) is 31.6 Å². The van der Waals surface area contributed by atoms with Gasteiger partial charge >= 0.3 is 0 Å². The largest absolute Gasteiger partial charge is 0.497 e. The molecule has 0 amide bonds. The lowest BCUT2D eigenvalue weighted by molar-refractivity contribution is 0.260. The van der Waals surface area contributed by atoms with E-state index in [1.807, 2.05) is 0 Å². The highest BCUT2D eigenvalue weighted by atomic mass is 16.5. The topological polar surface area (TPSA) is 12.5 Å². The van der Waals surface area contributed by atoms with Crippen LogP contribution in [0, 0.1) is 11.8 Å². The molecule has 1 aliphatic heterocycles. The van der Waals surface area contributed by atoms with Gasteiger partial charge in [0.25, 0.3) is 0 Å². The summed E-state index contributed by atoms with van der Waals surface area (Å²) in [7, 11) is 1.72. The maximum absolute atomic E-state index is 5.32. The van der Waals surface area contributed by atoms with Gasteiger partial charge in [-0.1, -0.05) is 55.0 Å². The Labute approximate surface area is 157 Å². The first-order chi connectivity index (χ1) is 12.8. The van der Waals surface area contributed by atoms with E-state index in [4.69, 9.17) is 4.74 Å². The second kappa shape index (κ2) is 8.09. The molecule has 1 heterocycles. The van der Waals surface area contributed by atoms with E-state index in [2.05, 4.69) is 65.6 Å². The van der Waals surface area contributed by atoms with Crippen LogP contribution in [0.1, 0.15) is 36.8 Å². The number of likely N-dealkylation sites (tertiary alicyclic amines) is 1. The Hall–Kier alpha value is -2.06. The Balaban J connectivity index is 1.56. The minimum absolute atomic E-state index is 0.907. The minimum atomic E-state index is 0.907. The van der Waals surface area contributed by atoms with Crippen LogP contribution in [0.5, 0.6) is 5.75 Å². The van der Waals surface area contributed by atoms with Gasteiger partial charge in [0.2, 0.25) is 0 Å². The third kappa shape index (κ3) is 4.02. The highest BCUT2D eigenvalue weighted by molar-refractivity contribution is 5.80. The van der Waals surface area contributed by atoms with Gasteiger partial charge in [-0.25, -0.2) is 0 Å². The molecule has 2 bridgehead atoms. The lowest BCUT2D eigenvalue weighted by atomic mass is 9.97. The van der Waals surface area contributed by atoms with E-state index >= 15 is 0 Å². The van der Waals surface area contributed by atoms with Crippen LogP contribution in [0.2, 0.25) is 0 Å². The van der Waals surface area contributed by atoms with Gasteiger partial charge in [0.15, 0.2) is 0 Å². The molecule has 1 saturated carbocycles. The minimum Gasteiger partial charge on any atom is -0.497 e. The predicted molar refractivity (Wildman–Crippen MR) is 108 cm³/mol. The van der Waals surface area contributed by atoms with Crippen LogP contribution in [0.4, 0.5) is 0 Å². The first-order valence-electron chi connectivity index (χ1n) is 9.94. The van der Waals surface area contributed by atoms with Crippen molar-refractivity contribution in [2.24, 2.45) is 11.8 Å². The van der Waals surface area contributed by atoms with E-state index in [9.17, 15) is 0 Å². The summed E-state index contributed by atoms with van der Waals surface area (Å²) in [6, 6.07) is 19.2. The Bertz CT molecular complexity index is 735. The fourth-order valence-electron chi connectivity index (χ4n) is 4.60. The average Bonchev–Trinajstić information content (AvgIpc) is 3.04. The van der Waals surface area contributed by atoms with Crippen LogP contribution in [-0.2, 0) is 0 Å². The van der Waals surface area contributed by atoms with E-state index in [1.54, 1.807) is 7.11 Å². The second-order valence-corrected chi connectivity index (χ2v) is 7.81. The van der Waals surface area contributed by atoms with Crippen molar-refractivity contribution in [1.82, 2.24) is 4.90 Å². The summed E-state index contributed by atoms with van der Waals surface area (Å²) < 4.78 is 5.32. The Kier molecular flexibility index (Phi) is 5.40. The number of methoxy groups -OCH3 is 1. The summed E-state index contributed by atoms with van der Waals surface area (Å²) in [6.07, 6.45) is 8.18. The number of rotatable bonds is 5. The molecule has 0 aromatic heterocycles. The molecule has 0 radical (unpaired) electrons. The van der Waals surface area contributed by atoms with Gasteiger partial charge < -0.3 is 4.74 Å².